The fraction of sp³-hybridized carbons (Fsp3) is 0.857. The summed E-state index contributed by atoms with van der Waals surface area (Å²) in [5.74, 6) is 0.0459. The van der Waals surface area contributed by atoms with Crippen molar-refractivity contribution in [2.45, 2.75) is 18.6 Å². The topological polar surface area (TPSA) is 50.4 Å². The average Bonchev–Trinajstić information content (AvgIpc) is 2.50. The van der Waals surface area contributed by atoms with Gasteiger partial charge in [-0.1, -0.05) is 0 Å². The number of carbonyl (C=O) groups is 1. The summed E-state index contributed by atoms with van der Waals surface area (Å²) in [4.78, 5) is 11.0. The molecule has 0 bridgehead atoms. The molecular formula is C7H14N2O2. The van der Waals surface area contributed by atoms with Crippen LogP contribution in [0.4, 0.5) is 0 Å². The number of likely N-dealkylation sites (N-methyl/N-ethyl adjacent to an activating group) is 1. The van der Waals surface area contributed by atoms with E-state index in [2.05, 4.69) is 10.6 Å². The molecule has 0 radical (unpaired) electrons. The molecule has 0 aromatic rings. The molecule has 64 valence electrons. The van der Waals surface area contributed by atoms with Crippen LogP contribution in [0.2, 0.25) is 0 Å². The Morgan fingerprint density at radius 1 is 1.73 bits per heavy atom. The number of amides is 1. The summed E-state index contributed by atoms with van der Waals surface area (Å²) in [5, 5.41) is 5.67. The highest BCUT2D eigenvalue weighted by atomic mass is 16.5. The van der Waals surface area contributed by atoms with Crippen LogP contribution < -0.4 is 10.6 Å². The van der Waals surface area contributed by atoms with Crippen LogP contribution >= 0.6 is 0 Å². The van der Waals surface area contributed by atoms with Gasteiger partial charge in [0, 0.05) is 20.7 Å². The minimum atomic E-state index is -0.0649. The van der Waals surface area contributed by atoms with Crippen molar-refractivity contribution in [3.05, 3.63) is 0 Å². The van der Waals surface area contributed by atoms with Gasteiger partial charge in [-0.25, -0.2) is 0 Å². The summed E-state index contributed by atoms with van der Waals surface area (Å²) in [7, 11) is 3.31. The van der Waals surface area contributed by atoms with Crippen LogP contribution in [0.25, 0.3) is 0 Å². The highest BCUT2D eigenvalue weighted by Gasteiger charge is 2.28. The first-order valence-electron chi connectivity index (χ1n) is 3.75. The smallest absolute Gasteiger partial charge is 0.236 e. The van der Waals surface area contributed by atoms with Gasteiger partial charge in [-0.05, 0) is 6.42 Å². The standard InChI is InChI=1S/C7H14N2O2/c1-8-7(10)6-3-5(11-2)4-9-6/h5-6,9H,3-4H2,1-2H3,(H,8,10)/t5-,6-/m1/s1. The van der Waals surface area contributed by atoms with E-state index >= 15 is 0 Å². The maximum absolute atomic E-state index is 11.0. The van der Waals surface area contributed by atoms with Crippen molar-refractivity contribution in [2.24, 2.45) is 0 Å². The molecule has 4 nitrogen and oxygen atoms in total. The molecule has 1 aliphatic heterocycles. The molecule has 2 atom stereocenters. The average molecular weight is 158 g/mol. The first-order chi connectivity index (χ1) is 5.27. The summed E-state index contributed by atoms with van der Waals surface area (Å²) >= 11 is 0. The van der Waals surface area contributed by atoms with Gasteiger partial charge in [0.25, 0.3) is 0 Å². The van der Waals surface area contributed by atoms with E-state index in [1.807, 2.05) is 0 Å². The minimum absolute atomic E-state index is 0.0459. The summed E-state index contributed by atoms with van der Waals surface area (Å²) in [6.07, 6.45) is 0.966. The zero-order chi connectivity index (χ0) is 8.27. The summed E-state index contributed by atoms with van der Waals surface area (Å²) in [5.41, 5.74) is 0. The van der Waals surface area contributed by atoms with Crippen LogP contribution in [0.3, 0.4) is 0 Å². The van der Waals surface area contributed by atoms with E-state index in [0.29, 0.717) is 0 Å². The number of nitrogens with one attached hydrogen (secondary N) is 2. The second-order valence-electron chi connectivity index (χ2n) is 2.67. The van der Waals surface area contributed by atoms with E-state index in [4.69, 9.17) is 4.74 Å². The molecular weight excluding hydrogens is 144 g/mol. The number of hydrogen-bond donors (Lipinski definition) is 2. The van der Waals surface area contributed by atoms with Crippen LogP contribution in [-0.4, -0.2) is 38.8 Å². The van der Waals surface area contributed by atoms with Gasteiger partial charge in [0.15, 0.2) is 0 Å². The Hall–Kier alpha value is -0.610. The Morgan fingerprint density at radius 2 is 2.45 bits per heavy atom. The van der Waals surface area contributed by atoms with Gasteiger partial charge in [-0.2, -0.15) is 0 Å². The van der Waals surface area contributed by atoms with Crippen molar-refractivity contribution in [2.75, 3.05) is 20.7 Å². The maximum atomic E-state index is 11.0. The third-order valence-corrected chi connectivity index (χ3v) is 1.99. The molecule has 0 saturated carbocycles. The van der Waals surface area contributed by atoms with E-state index < -0.39 is 0 Å². The largest absolute Gasteiger partial charge is 0.380 e. The van der Waals surface area contributed by atoms with Crippen molar-refractivity contribution in [3.8, 4) is 0 Å². The first kappa shape index (κ1) is 8.49. The normalized spacial score (nSPS) is 30.4. The van der Waals surface area contributed by atoms with Gasteiger partial charge in [-0.15, -0.1) is 0 Å². The molecule has 0 unspecified atom stereocenters. The second kappa shape index (κ2) is 3.69. The fourth-order valence-corrected chi connectivity index (χ4v) is 1.26. The fourth-order valence-electron chi connectivity index (χ4n) is 1.26. The summed E-state index contributed by atoms with van der Waals surface area (Å²) < 4.78 is 5.09. The third kappa shape index (κ3) is 1.91. The van der Waals surface area contributed by atoms with Crippen LogP contribution in [-0.2, 0) is 9.53 Å². The number of rotatable bonds is 2. The lowest BCUT2D eigenvalue weighted by atomic mass is 10.2. The van der Waals surface area contributed by atoms with Gasteiger partial charge < -0.3 is 15.4 Å². The predicted octanol–water partition coefficient (Wildman–Crippen LogP) is -0.891. The molecule has 1 rings (SSSR count). The predicted molar refractivity (Wildman–Crippen MR) is 41.3 cm³/mol. The number of ether oxygens (including phenoxy) is 1. The Kier molecular flexibility index (Phi) is 2.84. The lowest BCUT2D eigenvalue weighted by Crippen LogP contribution is -2.38. The molecule has 0 aromatic heterocycles. The van der Waals surface area contributed by atoms with Crippen LogP contribution in [0.15, 0.2) is 0 Å². The number of carbonyl (C=O) groups excluding carboxylic acids is 1. The number of hydrogen-bond acceptors (Lipinski definition) is 3. The molecule has 4 heteroatoms. The van der Waals surface area contributed by atoms with E-state index in [9.17, 15) is 4.79 Å². The summed E-state index contributed by atoms with van der Waals surface area (Å²) in [6.45, 7) is 0.772. The number of methoxy groups -OCH3 is 1. The third-order valence-electron chi connectivity index (χ3n) is 1.99. The highest BCUT2D eigenvalue weighted by molar-refractivity contribution is 5.81. The van der Waals surface area contributed by atoms with Crippen molar-refractivity contribution < 1.29 is 9.53 Å². The molecule has 1 heterocycles. The zero-order valence-corrected chi connectivity index (χ0v) is 6.89. The zero-order valence-electron chi connectivity index (χ0n) is 6.89. The quantitative estimate of drug-likeness (QED) is 0.548. The summed E-state index contributed by atoms with van der Waals surface area (Å²) in [6, 6.07) is -0.0649. The van der Waals surface area contributed by atoms with Crippen LogP contribution in [0, 0.1) is 0 Å². The molecule has 1 amide bonds. The molecule has 1 aliphatic rings. The van der Waals surface area contributed by atoms with E-state index in [1.54, 1.807) is 14.2 Å². The molecule has 11 heavy (non-hydrogen) atoms. The Labute approximate surface area is 66.3 Å². The lowest BCUT2D eigenvalue weighted by molar-refractivity contribution is -0.122. The highest BCUT2D eigenvalue weighted by Crippen LogP contribution is 2.08. The first-order valence-corrected chi connectivity index (χ1v) is 3.75. The monoisotopic (exact) mass is 158 g/mol. The second-order valence-corrected chi connectivity index (χ2v) is 2.67. The molecule has 0 aliphatic carbocycles. The van der Waals surface area contributed by atoms with Gasteiger partial charge in [0.2, 0.25) is 5.91 Å². The van der Waals surface area contributed by atoms with Gasteiger partial charge in [0.1, 0.15) is 0 Å². The van der Waals surface area contributed by atoms with E-state index in [1.165, 1.54) is 0 Å². The molecule has 2 N–H and O–H groups in total. The van der Waals surface area contributed by atoms with Crippen molar-refractivity contribution in [1.82, 2.24) is 10.6 Å². The van der Waals surface area contributed by atoms with Crippen LogP contribution in [0.5, 0.6) is 0 Å². The molecule has 1 saturated heterocycles. The van der Waals surface area contributed by atoms with Gasteiger partial charge in [0.05, 0.1) is 12.1 Å². The van der Waals surface area contributed by atoms with Gasteiger partial charge >= 0.3 is 0 Å². The van der Waals surface area contributed by atoms with Crippen LogP contribution in [0.1, 0.15) is 6.42 Å². The van der Waals surface area contributed by atoms with Crippen molar-refractivity contribution in [3.63, 3.8) is 0 Å². The maximum Gasteiger partial charge on any atom is 0.236 e. The molecule has 1 fully saturated rings. The minimum Gasteiger partial charge on any atom is -0.380 e. The SMILES string of the molecule is CNC(=O)[C@H]1C[C@@H](OC)CN1. The molecule has 0 spiro atoms. The Bertz CT molecular complexity index is 149. The molecule has 0 aromatic carbocycles. The van der Waals surface area contributed by atoms with Gasteiger partial charge in [-0.3, -0.25) is 4.79 Å². The Balaban J connectivity index is 2.35. The van der Waals surface area contributed by atoms with E-state index in [0.717, 1.165) is 13.0 Å². The van der Waals surface area contributed by atoms with Crippen molar-refractivity contribution >= 4 is 5.91 Å². The van der Waals surface area contributed by atoms with E-state index in [-0.39, 0.29) is 18.1 Å². The lowest BCUT2D eigenvalue weighted by Gasteiger charge is -2.07. The van der Waals surface area contributed by atoms with Crippen molar-refractivity contribution in [1.29, 1.82) is 0 Å². The Morgan fingerprint density at radius 3 is 2.91 bits per heavy atom.